The highest BCUT2D eigenvalue weighted by Gasteiger charge is 2.46. The van der Waals surface area contributed by atoms with Crippen LogP contribution in [-0.2, 0) is 14.3 Å². The number of ether oxygens (including phenoxy) is 4. The third-order valence-corrected chi connectivity index (χ3v) is 5.41. The third kappa shape index (κ3) is 5.16. The Morgan fingerprint density at radius 1 is 1.00 bits per heavy atom. The summed E-state index contributed by atoms with van der Waals surface area (Å²) in [5, 5.41) is 20.1. The first kappa shape index (κ1) is 25.1. The van der Waals surface area contributed by atoms with E-state index in [0.29, 0.717) is 35.0 Å². The fourth-order valence-electron chi connectivity index (χ4n) is 3.84. The Bertz CT molecular complexity index is 1050. The molecule has 182 valence electrons. The summed E-state index contributed by atoms with van der Waals surface area (Å²) < 4.78 is 21.5. The lowest BCUT2D eigenvalue weighted by atomic mass is 9.95. The topological polar surface area (TPSA) is 115 Å². The van der Waals surface area contributed by atoms with Crippen molar-refractivity contribution in [2.75, 3.05) is 47.2 Å². The molecule has 0 saturated carbocycles. The molecule has 0 bridgehead atoms. The van der Waals surface area contributed by atoms with Gasteiger partial charge >= 0.3 is 0 Å². The Labute approximate surface area is 198 Å². The molecule has 1 amide bonds. The number of hydrogen-bond donors (Lipinski definition) is 2. The Morgan fingerprint density at radius 2 is 1.71 bits per heavy atom. The van der Waals surface area contributed by atoms with Crippen LogP contribution in [-0.4, -0.2) is 74.0 Å². The summed E-state index contributed by atoms with van der Waals surface area (Å²) in [4.78, 5) is 27.4. The highest BCUT2D eigenvalue weighted by molar-refractivity contribution is 6.46. The monoisotopic (exact) mass is 471 g/mol. The Hall–Kier alpha value is -3.56. The van der Waals surface area contributed by atoms with Gasteiger partial charge in [0.1, 0.15) is 11.5 Å². The molecule has 1 saturated heterocycles. The highest BCUT2D eigenvalue weighted by atomic mass is 16.5. The van der Waals surface area contributed by atoms with Gasteiger partial charge in [0.05, 0.1) is 52.3 Å². The number of likely N-dealkylation sites (tertiary alicyclic amines) is 1. The number of hydrogen-bond acceptors (Lipinski definition) is 8. The quantitative estimate of drug-likeness (QED) is 0.222. The van der Waals surface area contributed by atoms with Crippen LogP contribution in [0.5, 0.6) is 17.2 Å². The molecule has 3 rings (SSSR count). The van der Waals surface area contributed by atoms with Crippen molar-refractivity contribution < 1.29 is 38.7 Å². The lowest BCUT2D eigenvalue weighted by Gasteiger charge is -2.26. The molecule has 0 spiro atoms. The number of rotatable bonds is 11. The van der Waals surface area contributed by atoms with Crippen LogP contribution >= 0.6 is 0 Å². The minimum absolute atomic E-state index is 0.0384. The van der Waals surface area contributed by atoms with Gasteiger partial charge < -0.3 is 34.1 Å². The number of Topliss-reactive ketones (excluding diaryl/α,β-unsaturated/α-hetero) is 1. The smallest absolute Gasteiger partial charge is 0.295 e. The maximum absolute atomic E-state index is 13.1. The molecule has 1 aliphatic heterocycles. The lowest BCUT2D eigenvalue weighted by Crippen LogP contribution is -2.33. The van der Waals surface area contributed by atoms with E-state index in [4.69, 9.17) is 24.1 Å². The molecule has 1 atom stereocenters. The van der Waals surface area contributed by atoms with Gasteiger partial charge in [0.25, 0.3) is 11.7 Å². The number of ketones is 1. The van der Waals surface area contributed by atoms with Crippen LogP contribution in [0.15, 0.2) is 48.0 Å². The van der Waals surface area contributed by atoms with Crippen LogP contribution in [0.3, 0.4) is 0 Å². The molecule has 2 N–H and O–H groups in total. The van der Waals surface area contributed by atoms with Gasteiger partial charge in [-0.3, -0.25) is 9.59 Å². The first-order chi connectivity index (χ1) is 16.5. The van der Waals surface area contributed by atoms with Crippen molar-refractivity contribution >= 4 is 17.4 Å². The molecule has 1 aliphatic rings. The molecule has 2 aromatic carbocycles. The number of carbonyl (C=O) groups excluding carboxylic acids is 2. The summed E-state index contributed by atoms with van der Waals surface area (Å²) in [6, 6.07) is 10.8. The number of carbonyl (C=O) groups is 2. The molecule has 0 aliphatic carbocycles. The van der Waals surface area contributed by atoms with Crippen LogP contribution in [0.4, 0.5) is 0 Å². The zero-order chi connectivity index (χ0) is 24.7. The molecule has 0 unspecified atom stereocenters. The first-order valence-corrected chi connectivity index (χ1v) is 10.9. The second-order valence-electron chi connectivity index (χ2n) is 7.40. The second kappa shape index (κ2) is 11.5. The van der Waals surface area contributed by atoms with Crippen molar-refractivity contribution in [3.05, 3.63) is 59.2 Å². The van der Waals surface area contributed by atoms with E-state index in [1.54, 1.807) is 42.5 Å². The zero-order valence-corrected chi connectivity index (χ0v) is 19.4. The molecule has 0 radical (unpaired) electrons. The summed E-state index contributed by atoms with van der Waals surface area (Å²) in [6.45, 7) is 2.51. The molecule has 0 aromatic heterocycles. The fraction of sp³-hybridized carbons (Fsp3) is 0.360. The minimum Gasteiger partial charge on any atom is -0.507 e. The summed E-state index contributed by atoms with van der Waals surface area (Å²) >= 11 is 0. The van der Waals surface area contributed by atoms with E-state index < -0.39 is 17.7 Å². The Kier molecular flexibility index (Phi) is 8.50. The molecule has 34 heavy (non-hydrogen) atoms. The van der Waals surface area contributed by atoms with Crippen molar-refractivity contribution in [3.63, 3.8) is 0 Å². The van der Waals surface area contributed by atoms with Crippen molar-refractivity contribution in [2.24, 2.45) is 0 Å². The normalized spacial score (nSPS) is 17.2. The first-order valence-electron chi connectivity index (χ1n) is 10.9. The lowest BCUT2D eigenvalue weighted by molar-refractivity contribution is -0.140. The second-order valence-corrected chi connectivity index (χ2v) is 7.40. The zero-order valence-electron chi connectivity index (χ0n) is 19.4. The fourth-order valence-corrected chi connectivity index (χ4v) is 3.84. The average molecular weight is 472 g/mol. The molecule has 9 nitrogen and oxygen atoms in total. The summed E-state index contributed by atoms with van der Waals surface area (Å²) in [6.07, 6.45) is 0. The van der Waals surface area contributed by atoms with E-state index in [9.17, 15) is 14.7 Å². The van der Waals surface area contributed by atoms with Crippen molar-refractivity contribution in [1.82, 2.24) is 4.90 Å². The maximum atomic E-state index is 13.1. The van der Waals surface area contributed by atoms with Gasteiger partial charge in [-0.1, -0.05) is 6.07 Å². The summed E-state index contributed by atoms with van der Waals surface area (Å²) in [5.74, 6) is -0.311. The van der Waals surface area contributed by atoms with Gasteiger partial charge in [-0.25, -0.2) is 0 Å². The van der Waals surface area contributed by atoms with E-state index in [1.807, 2.05) is 6.92 Å². The van der Waals surface area contributed by atoms with E-state index in [0.717, 1.165) is 0 Å². The molecule has 1 fully saturated rings. The van der Waals surface area contributed by atoms with Crippen LogP contribution in [0.1, 0.15) is 24.1 Å². The van der Waals surface area contributed by atoms with Gasteiger partial charge in [0.2, 0.25) is 0 Å². The van der Waals surface area contributed by atoms with E-state index >= 15 is 0 Å². The number of benzene rings is 2. The molecule has 2 aromatic rings. The van der Waals surface area contributed by atoms with Gasteiger partial charge in [-0.2, -0.15) is 0 Å². The van der Waals surface area contributed by atoms with E-state index in [2.05, 4.69) is 0 Å². The van der Waals surface area contributed by atoms with Crippen molar-refractivity contribution in [3.8, 4) is 17.2 Å². The molecule has 9 heteroatoms. The Balaban J connectivity index is 2.09. The minimum atomic E-state index is -0.871. The molecule has 1 heterocycles. The predicted octanol–water partition coefficient (Wildman–Crippen LogP) is 2.53. The largest absolute Gasteiger partial charge is 0.507 e. The third-order valence-electron chi connectivity index (χ3n) is 5.41. The van der Waals surface area contributed by atoms with Gasteiger partial charge in [0, 0.05) is 12.1 Å². The maximum Gasteiger partial charge on any atom is 0.295 e. The summed E-state index contributed by atoms with van der Waals surface area (Å²) in [5.41, 5.74) is 0.901. The van der Waals surface area contributed by atoms with Crippen LogP contribution in [0, 0.1) is 0 Å². The van der Waals surface area contributed by atoms with Gasteiger partial charge in [-0.05, 0) is 48.9 Å². The number of nitrogens with zero attached hydrogens (tertiary/aromatic N) is 1. The number of methoxy groups -OCH3 is 2. The number of aliphatic hydroxyl groups is 2. The highest BCUT2D eigenvalue weighted by Crippen LogP contribution is 2.41. The van der Waals surface area contributed by atoms with Crippen LogP contribution < -0.4 is 14.2 Å². The van der Waals surface area contributed by atoms with E-state index in [-0.39, 0.29) is 37.7 Å². The van der Waals surface area contributed by atoms with Crippen LogP contribution in [0.25, 0.3) is 5.76 Å². The van der Waals surface area contributed by atoms with Crippen LogP contribution in [0.2, 0.25) is 0 Å². The molecular formula is C25H29NO8. The van der Waals surface area contributed by atoms with Gasteiger partial charge in [0.15, 0.2) is 11.5 Å². The van der Waals surface area contributed by atoms with Crippen molar-refractivity contribution in [2.45, 2.75) is 13.0 Å². The number of aliphatic hydroxyl groups excluding tert-OH is 2. The predicted molar refractivity (Wildman–Crippen MR) is 124 cm³/mol. The number of amides is 1. The van der Waals surface area contributed by atoms with E-state index in [1.165, 1.54) is 19.1 Å². The SMILES string of the molecule is CCOc1ccc(/C(O)=C2\C(=O)C(=O)N(CCOCCO)[C@H]2c2ccc(OC)c(OC)c2)cc1. The van der Waals surface area contributed by atoms with Gasteiger partial charge in [-0.15, -0.1) is 0 Å². The van der Waals surface area contributed by atoms with Crippen molar-refractivity contribution in [1.29, 1.82) is 0 Å². The Morgan fingerprint density at radius 3 is 2.32 bits per heavy atom. The summed E-state index contributed by atoms with van der Waals surface area (Å²) in [7, 11) is 3.00. The molecular weight excluding hydrogens is 442 g/mol. The average Bonchev–Trinajstić information content (AvgIpc) is 3.11. The standard InChI is InChI=1S/C25H29NO8/c1-4-34-18-8-5-16(6-9-18)23(28)21-22(17-7-10-19(31-2)20(15-17)32-3)26(25(30)24(21)29)11-13-33-14-12-27/h5-10,15,22,27-28H,4,11-14H2,1-3H3/b23-21+/t22-/m0/s1.